The summed E-state index contributed by atoms with van der Waals surface area (Å²) in [6.45, 7) is 2.98. The average Bonchev–Trinajstić information content (AvgIpc) is 1.93. The molecule has 0 fully saturated rings. The molecule has 4 heteroatoms. The molecule has 0 unspecified atom stereocenters. The molecule has 0 atom stereocenters. The van der Waals surface area contributed by atoms with E-state index >= 15 is 0 Å². The van der Waals surface area contributed by atoms with E-state index in [4.69, 9.17) is 5.73 Å². The number of hydrogen-bond donors (Lipinski definition) is 1. The topological polar surface area (TPSA) is 26.0 Å². The van der Waals surface area contributed by atoms with Crippen LogP contribution in [0.4, 0.5) is 0 Å². The van der Waals surface area contributed by atoms with E-state index in [0.29, 0.717) is 0 Å². The molecule has 0 aliphatic rings. The van der Waals surface area contributed by atoms with E-state index in [-0.39, 0.29) is 17.0 Å². The number of rotatable bonds is 4. The van der Waals surface area contributed by atoms with Crippen LogP contribution in [0.5, 0.6) is 0 Å². The van der Waals surface area contributed by atoms with Crippen LogP contribution in [-0.4, -0.2) is 17.2 Å². The quantitative estimate of drug-likeness (QED) is 0.767. The highest BCUT2D eigenvalue weighted by atomic mass is 79.9. The van der Waals surface area contributed by atoms with E-state index in [0.717, 1.165) is 23.6 Å². The van der Waals surface area contributed by atoms with Crippen LogP contribution >= 0.6 is 48.8 Å². The molecule has 0 aromatic carbocycles. The number of hydrogen-bond acceptors (Lipinski definition) is 1. The van der Waals surface area contributed by atoms with Gasteiger partial charge in [0.2, 0.25) is 0 Å². The monoisotopic (exact) mass is 353 g/mol. The summed E-state index contributed by atoms with van der Waals surface area (Å²) in [7, 11) is 0. The second kappa shape index (κ2) is 22.5. The van der Waals surface area contributed by atoms with E-state index in [1.54, 1.807) is 0 Å². The van der Waals surface area contributed by atoms with Gasteiger partial charge in [0, 0.05) is 10.7 Å². The number of halogens is 3. The zero-order valence-corrected chi connectivity index (χ0v) is 11.9. The van der Waals surface area contributed by atoms with Crippen molar-refractivity contribution in [1.82, 2.24) is 0 Å². The van der Waals surface area contributed by atoms with Crippen molar-refractivity contribution in [2.24, 2.45) is 5.73 Å². The Labute approximate surface area is 97.5 Å². The normalized spacial score (nSPS) is 7.64. The van der Waals surface area contributed by atoms with Crippen molar-refractivity contribution in [2.75, 3.05) is 17.2 Å². The number of nitrogens with two attached hydrogens (primary N) is 1. The molecular weight excluding hydrogens is 338 g/mol. The molecule has 0 saturated carbocycles. The van der Waals surface area contributed by atoms with Crippen LogP contribution in [-0.2, 0) is 0 Å². The molecule has 0 aromatic heterocycles. The first-order valence-electron chi connectivity index (χ1n) is 3.65. The maximum absolute atomic E-state index is 5.11. The van der Waals surface area contributed by atoms with Gasteiger partial charge in [-0.3, -0.25) is 0 Å². The van der Waals surface area contributed by atoms with Crippen LogP contribution in [0.3, 0.4) is 0 Å². The molecule has 0 aliphatic carbocycles. The fraction of sp³-hybridized carbons (Fsp3) is 1.00. The van der Waals surface area contributed by atoms with Crippen LogP contribution in [0.25, 0.3) is 0 Å². The average molecular weight is 356 g/mol. The van der Waals surface area contributed by atoms with Crippen molar-refractivity contribution in [3.05, 3.63) is 0 Å². The molecule has 0 amide bonds. The van der Waals surface area contributed by atoms with Gasteiger partial charge in [0.15, 0.2) is 0 Å². The standard InChI is InChI=1S/C4H9Br.C3H8BrN.BrH/c1-2-3-4-5;4-2-1-3-5;/h2-4H2,1H3;1-3,5H2;1H. The second-order valence-corrected chi connectivity index (χ2v) is 3.46. The molecule has 72 valence electrons. The number of alkyl halides is 2. The van der Waals surface area contributed by atoms with Gasteiger partial charge >= 0.3 is 0 Å². The molecule has 0 heterocycles. The van der Waals surface area contributed by atoms with Crippen LogP contribution in [0.2, 0.25) is 0 Å². The summed E-state index contributed by atoms with van der Waals surface area (Å²) in [4.78, 5) is 0. The van der Waals surface area contributed by atoms with Gasteiger partial charge < -0.3 is 5.73 Å². The van der Waals surface area contributed by atoms with Crippen LogP contribution in [0.1, 0.15) is 26.2 Å². The lowest BCUT2D eigenvalue weighted by molar-refractivity contribution is 0.902. The van der Waals surface area contributed by atoms with Crippen LogP contribution in [0.15, 0.2) is 0 Å². The van der Waals surface area contributed by atoms with Crippen molar-refractivity contribution in [2.45, 2.75) is 26.2 Å². The van der Waals surface area contributed by atoms with E-state index in [2.05, 4.69) is 38.8 Å². The highest BCUT2D eigenvalue weighted by Gasteiger charge is 1.70. The smallest absolute Gasteiger partial charge is 0.00433 e. The molecule has 0 saturated heterocycles. The van der Waals surface area contributed by atoms with E-state index < -0.39 is 0 Å². The maximum atomic E-state index is 5.11. The molecule has 0 aliphatic heterocycles. The summed E-state index contributed by atoms with van der Waals surface area (Å²) < 4.78 is 0. The molecule has 11 heavy (non-hydrogen) atoms. The minimum atomic E-state index is 0. The van der Waals surface area contributed by atoms with E-state index in [9.17, 15) is 0 Å². The second-order valence-electron chi connectivity index (χ2n) is 1.87. The first-order chi connectivity index (χ1) is 4.83. The molecule has 1 nitrogen and oxygen atoms in total. The Bertz CT molecular complexity index is 34.7. The van der Waals surface area contributed by atoms with Gasteiger partial charge in [-0.2, -0.15) is 0 Å². The maximum Gasteiger partial charge on any atom is 0.00433 e. The zero-order chi connectivity index (χ0) is 8.24. The highest BCUT2D eigenvalue weighted by molar-refractivity contribution is 9.09. The highest BCUT2D eigenvalue weighted by Crippen LogP contribution is 1.89. The molecule has 0 aromatic rings. The summed E-state index contributed by atoms with van der Waals surface area (Å²) in [5.74, 6) is 0. The predicted octanol–water partition coefficient (Wildman–Crippen LogP) is 3.49. The Morgan fingerprint density at radius 1 is 1.09 bits per heavy atom. The first kappa shape index (κ1) is 18.2. The summed E-state index contributed by atoms with van der Waals surface area (Å²) in [6, 6.07) is 0. The Morgan fingerprint density at radius 2 is 1.55 bits per heavy atom. The Kier molecular flexibility index (Phi) is 37.3. The van der Waals surface area contributed by atoms with Crippen molar-refractivity contribution in [1.29, 1.82) is 0 Å². The van der Waals surface area contributed by atoms with Gasteiger partial charge in [-0.15, -0.1) is 17.0 Å². The van der Waals surface area contributed by atoms with Gasteiger partial charge in [0.05, 0.1) is 0 Å². The third-order valence-electron chi connectivity index (χ3n) is 0.825. The third-order valence-corrected chi connectivity index (χ3v) is 1.95. The number of unbranched alkanes of at least 4 members (excludes halogenated alkanes) is 1. The Morgan fingerprint density at radius 3 is 1.55 bits per heavy atom. The third kappa shape index (κ3) is 34.5. The fourth-order valence-electron chi connectivity index (χ4n) is 0.211. The van der Waals surface area contributed by atoms with Crippen molar-refractivity contribution >= 4 is 48.8 Å². The summed E-state index contributed by atoms with van der Waals surface area (Å²) in [5.41, 5.74) is 5.11. The van der Waals surface area contributed by atoms with Crippen molar-refractivity contribution < 1.29 is 0 Å². The molecule has 0 radical (unpaired) electrons. The fourth-order valence-corrected chi connectivity index (χ4v) is 1.10. The lowest BCUT2D eigenvalue weighted by Gasteiger charge is -1.78. The Balaban J connectivity index is -0.000000107. The molecular formula is C7H18Br3N. The van der Waals surface area contributed by atoms with Crippen LogP contribution < -0.4 is 5.73 Å². The lowest BCUT2D eigenvalue weighted by Crippen LogP contribution is -1.97. The van der Waals surface area contributed by atoms with Gasteiger partial charge in [-0.25, -0.2) is 0 Å². The summed E-state index contributed by atoms with van der Waals surface area (Å²) in [5, 5.41) is 2.19. The molecule has 0 rings (SSSR count). The predicted molar refractivity (Wildman–Crippen MR) is 66.5 cm³/mol. The molecule has 0 spiro atoms. The molecule has 2 N–H and O–H groups in total. The van der Waals surface area contributed by atoms with E-state index in [1.165, 1.54) is 12.8 Å². The van der Waals surface area contributed by atoms with Gasteiger partial charge in [-0.1, -0.05) is 45.2 Å². The zero-order valence-electron chi connectivity index (χ0n) is 6.98. The molecule has 0 bridgehead atoms. The largest absolute Gasteiger partial charge is 0.330 e. The minimum absolute atomic E-state index is 0. The summed E-state index contributed by atoms with van der Waals surface area (Å²) >= 11 is 6.54. The van der Waals surface area contributed by atoms with E-state index in [1.807, 2.05) is 0 Å². The first-order valence-corrected chi connectivity index (χ1v) is 5.89. The van der Waals surface area contributed by atoms with Crippen molar-refractivity contribution in [3.63, 3.8) is 0 Å². The van der Waals surface area contributed by atoms with Crippen LogP contribution in [0, 0.1) is 0 Å². The van der Waals surface area contributed by atoms with Gasteiger partial charge in [0.25, 0.3) is 0 Å². The Hall–Kier alpha value is 1.40. The minimum Gasteiger partial charge on any atom is -0.330 e. The van der Waals surface area contributed by atoms with Gasteiger partial charge in [-0.05, 0) is 19.4 Å². The van der Waals surface area contributed by atoms with Gasteiger partial charge in [0.1, 0.15) is 0 Å². The van der Waals surface area contributed by atoms with Crippen molar-refractivity contribution in [3.8, 4) is 0 Å². The SMILES string of the molecule is Br.CCCCBr.NCCCBr. The summed E-state index contributed by atoms with van der Waals surface area (Å²) in [6.07, 6.45) is 3.69. The lowest BCUT2D eigenvalue weighted by atomic mass is 10.4.